The standard InChI is InChI=1S/C34H30N2S6/c1-17-11-29(37)26(30(38)12-17)8-5-23-18(2)24(6-9-27-31(39)13-21(35)14-32(27)40)20(4)25(19(23)3)7-10-28-33(41)15-22(36)16-34(28)42/h6,9,11-16,37-42H,35-36H2,1-4H3. The van der Waals surface area contributed by atoms with Gasteiger partial charge in [0.1, 0.15) is 0 Å². The molecule has 212 valence electrons. The third-order valence-corrected chi connectivity index (χ3v) is 9.02. The number of nitrogen functional groups attached to an aromatic ring is 2. The SMILES string of the molecule is Cc1cc(S)c(C#Cc2c(C)c(C#Cc3c(S)cc(N)cc3S)c(C)c(C=Cc3c(S)cc(N)cc3S)c2C)c(S)c1. The Balaban J connectivity index is 1.98. The highest BCUT2D eigenvalue weighted by Gasteiger charge is 2.15. The first-order valence-electron chi connectivity index (χ1n) is 12.8. The number of anilines is 2. The summed E-state index contributed by atoms with van der Waals surface area (Å²) in [5, 5.41) is 0. The monoisotopic (exact) mass is 658 g/mol. The summed E-state index contributed by atoms with van der Waals surface area (Å²) in [6.07, 6.45) is 4.06. The van der Waals surface area contributed by atoms with E-state index in [1.165, 1.54) is 0 Å². The molecule has 0 unspecified atom stereocenters. The van der Waals surface area contributed by atoms with Gasteiger partial charge in [-0.2, -0.15) is 0 Å². The summed E-state index contributed by atoms with van der Waals surface area (Å²) in [5.74, 6) is 13.4. The summed E-state index contributed by atoms with van der Waals surface area (Å²) in [5.41, 5.74) is 22.4. The average Bonchev–Trinajstić information content (AvgIpc) is 2.87. The highest BCUT2D eigenvalue weighted by atomic mass is 32.1. The quantitative estimate of drug-likeness (QED) is 0.0481. The maximum atomic E-state index is 5.98. The van der Waals surface area contributed by atoms with Crippen LogP contribution in [0.1, 0.15) is 55.6 Å². The minimum Gasteiger partial charge on any atom is -0.399 e. The van der Waals surface area contributed by atoms with Crippen LogP contribution in [-0.4, -0.2) is 0 Å². The highest BCUT2D eigenvalue weighted by molar-refractivity contribution is 7.82. The van der Waals surface area contributed by atoms with Crippen LogP contribution in [0.3, 0.4) is 0 Å². The maximum Gasteiger partial charge on any atom is 0.0517 e. The van der Waals surface area contributed by atoms with Crippen molar-refractivity contribution in [2.45, 2.75) is 57.1 Å². The van der Waals surface area contributed by atoms with E-state index in [1.54, 1.807) is 12.1 Å². The molecule has 0 fully saturated rings. The first-order chi connectivity index (χ1) is 19.8. The second-order valence-corrected chi connectivity index (χ2v) is 12.8. The zero-order valence-corrected chi connectivity index (χ0v) is 28.8. The van der Waals surface area contributed by atoms with Crippen LogP contribution < -0.4 is 11.5 Å². The van der Waals surface area contributed by atoms with Crippen molar-refractivity contribution in [1.82, 2.24) is 0 Å². The average molecular weight is 659 g/mol. The molecule has 4 aromatic carbocycles. The molecule has 0 aromatic heterocycles. The Morgan fingerprint density at radius 2 is 0.786 bits per heavy atom. The van der Waals surface area contributed by atoms with Gasteiger partial charge in [-0.15, -0.1) is 75.8 Å². The topological polar surface area (TPSA) is 52.0 Å². The van der Waals surface area contributed by atoms with Gasteiger partial charge in [-0.1, -0.05) is 35.8 Å². The predicted molar refractivity (Wildman–Crippen MR) is 198 cm³/mol. The van der Waals surface area contributed by atoms with Gasteiger partial charge in [-0.05, 0) is 91.9 Å². The molecule has 0 radical (unpaired) electrons. The van der Waals surface area contributed by atoms with Gasteiger partial charge in [0.2, 0.25) is 0 Å². The smallest absolute Gasteiger partial charge is 0.0517 e. The summed E-state index contributed by atoms with van der Waals surface area (Å²) < 4.78 is 0. The Labute approximate surface area is 281 Å². The summed E-state index contributed by atoms with van der Waals surface area (Å²) in [6, 6.07) is 11.1. The van der Waals surface area contributed by atoms with Crippen LogP contribution >= 0.6 is 75.8 Å². The predicted octanol–water partition coefficient (Wildman–Crippen LogP) is 8.79. The van der Waals surface area contributed by atoms with Gasteiger partial charge in [0.05, 0.1) is 11.1 Å². The van der Waals surface area contributed by atoms with E-state index in [0.29, 0.717) is 26.7 Å². The number of benzene rings is 4. The number of aryl methyl sites for hydroxylation is 1. The van der Waals surface area contributed by atoms with Crippen LogP contribution in [0.25, 0.3) is 12.2 Å². The Bertz CT molecular complexity index is 1750. The minimum atomic E-state index is 0.584. The number of hydrogen-bond donors (Lipinski definition) is 8. The molecule has 4 N–H and O–H groups in total. The van der Waals surface area contributed by atoms with Gasteiger partial charge < -0.3 is 11.5 Å². The molecule has 0 saturated carbocycles. The molecule has 4 aromatic rings. The van der Waals surface area contributed by atoms with E-state index in [1.807, 2.05) is 44.2 Å². The molecule has 0 bridgehead atoms. The molecule has 0 aliphatic rings. The Morgan fingerprint density at radius 1 is 0.452 bits per heavy atom. The van der Waals surface area contributed by atoms with Gasteiger partial charge in [0.15, 0.2) is 0 Å². The zero-order valence-electron chi connectivity index (χ0n) is 23.5. The van der Waals surface area contributed by atoms with Crippen LogP contribution in [0.4, 0.5) is 11.4 Å². The minimum absolute atomic E-state index is 0.584. The summed E-state index contributed by atoms with van der Waals surface area (Å²) in [4.78, 5) is 4.39. The molecule has 8 heteroatoms. The van der Waals surface area contributed by atoms with Crippen molar-refractivity contribution < 1.29 is 0 Å². The number of nitrogens with two attached hydrogens (primary N) is 2. The zero-order chi connectivity index (χ0) is 30.9. The lowest BCUT2D eigenvalue weighted by molar-refractivity contribution is 1.24. The molecule has 0 aliphatic carbocycles. The lowest BCUT2D eigenvalue weighted by Crippen LogP contribution is -2.01. The summed E-state index contributed by atoms with van der Waals surface area (Å²) in [6.45, 7) is 8.19. The highest BCUT2D eigenvalue weighted by Crippen LogP contribution is 2.32. The van der Waals surface area contributed by atoms with Crippen molar-refractivity contribution in [3.63, 3.8) is 0 Å². The fraction of sp³-hybridized carbons (Fsp3) is 0.118. The lowest BCUT2D eigenvalue weighted by atomic mass is 9.88. The molecule has 0 saturated heterocycles. The van der Waals surface area contributed by atoms with Crippen molar-refractivity contribution >= 4 is 99.3 Å². The van der Waals surface area contributed by atoms with Crippen LogP contribution in [-0.2, 0) is 0 Å². The summed E-state index contributed by atoms with van der Waals surface area (Å²) in [7, 11) is 0. The fourth-order valence-corrected chi connectivity index (χ4v) is 7.10. The third-order valence-electron chi connectivity index (χ3n) is 6.87. The second-order valence-electron chi connectivity index (χ2n) is 9.96. The first-order valence-corrected chi connectivity index (χ1v) is 15.5. The van der Waals surface area contributed by atoms with E-state index in [0.717, 1.165) is 69.7 Å². The number of thiol groups is 6. The van der Waals surface area contributed by atoms with Crippen molar-refractivity contribution in [3.8, 4) is 23.7 Å². The first kappa shape index (κ1) is 32.4. The van der Waals surface area contributed by atoms with Crippen molar-refractivity contribution in [2.75, 3.05) is 11.5 Å². The number of rotatable bonds is 2. The molecular weight excluding hydrogens is 629 g/mol. The van der Waals surface area contributed by atoms with E-state index in [2.05, 4.69) is 119 Å². The molecule has 42 heavy (non-hydrogen) atoms. The molecule has 0 heterocycles. The Morgan fingerprint density at radius 3 is 1.21 bits per heavy atom. The fourth-order valence-electron chi connectivity index (χ4n) is 4.73. The summed E-state index contributed by atoms with van der Waals surface area (Å²) >= 11 is 27.8. The van der Waals surface area contributed by atoms with Gasteiger partial charge in [0.25, 0.3) is 0 Å². The van der Waals surface area contributed by atoms with Crippen LogP contribution in [0.5, 0.6) is 0 Å². The van der Waals surface area contributed by atoms with E-state index >= 15 is 0 Å². The largest absolute Gasteiger partial charge is 0.399 e. The maximum absolute atomic E-state index is 5.98. The number of hydrogen-bond acceptors (Lipinski definition) is 8. The van der Waals surface area contributed by atoms with Crippen molar-refractivity contribution in [2.24, 2.45) is 0 Å². The van der Waals surface area contributed by atoms with Crippen LogP contribution in [0.2, 0.25) is 0 Å². The Hall–Kier alpha value is -2.56. The lowest BCUT2D eigenvalue weighted by Gasteiger charge is -2.16. The normalized spacial score (nSPS) is 10.8. The Kier molecular flexibility index (Phi) is 10.3. The molecule has 2 nitrogen and oxygen atoms in total. The molecule has 0 aliphatic heterocycles. The van der Waals surface area contributed by atoms with E-state index in [-0.39, 0.29) is 0 Å². The third kappa shape index (κ3) is 6.97. The van der Waals surface area contributed by atoms with E-state index < -0.39 is 0 Å². The molecule has 0 spiro atoms. The van der Waals surface area contributed by atoms with Gasteiger partial charge >= 0.3 is 0 Å². The van der Waals surface area contributed by atoms with Gasteiger partial charge in [0, 0.05) is 57.4 Å². The molecule has 4 rings (SSSR count). The molecule has 0 atom stereocenters. The van der Waals surface area contributed by atoms with E-state index in [4.69, 9.17) is 11.5 Å². The van der Waals surface area contributed by atoms with Crippen LogP contribution in [0.15, 0.2) is 65.8 Å². The molecule has 0 amide bonds. The van der Waals surface area contributed by atoms with Crippen LogP contribution in [0, 0.1) is 51.4 Å². The molecular formula is C34H30N2S6. The van der Waals surface area contributed by atoms with Gasteiger partial charge in [-0.25, -0.2) is 0 Å². The second kappa shape index (κ2) is 13.4. The van der Waals surface area contributed by atoms with E-state index in [9.17, 15) is 0 Å². The van der Waals surface area contributed by atoms with Crippen molar-refractivity contribution in [3.05, 3.63) is 92.0 Å². The van der Waals surface area contributed by atoms with Gasteiger partial charge in [-0.3, -0.25) is 0 Å². The van der Waals surface area contributed by atoms with Crippen molar-refractivity contribution in [1.29, 1.82) is 0 Å².